The third-order valence-electron chi connectivity index (χ3n) is 7.10. The van der Waals surface area contributed by atoms with Crippen LogP contribution in [0, 0.1) is 6.92 Å². The molecule has 0 unspecified atom stereocenters. The van der Waals surface area contributed by atoms with Gasteiger partial charge in [0.1, 0.15) is 0 Å². The summed E-state index contributed by atoms with van der Waals surface area (Å²) in [5, 5.41) is 5.22. The summed E-state index contributed by atoms with van der Waals surface area (Å²) in [6.07, 6.45) is 4.44. The van der Waals surface area contributed by atoms with Gasteiger partial charge in [0, 0.05) is 58.1 Å². The van der Waals surface area contributed by atoms with Gasteiger partial charge in [0.2, 0.25) is 0 Å². The molecule has 5 heterocycles. The molecule has 1 saturated heterocycles. The molecule has 0 aromatic carbocycles. The van der Waals surface area contributed by atoms with Crippen molar-refractivity contribution in [1.29, 1.82) is 0 Å². The Morgan fingerprint density at radius 3 is 2.73 bits per heavy atom. The van der Waals surface area contributed by atoms with Gasteiger partial charge in [-0.1, -0.05) is 0 Å². The maximum Gasteiger partial charge on any atom is 0.409 e. The van der Waals surface area contributed by atoms with Crippen molar-refractivity contribution < 1.29 is 14.3 Å². The third-order valence-corrected chi connectivity index (χ3v) is 7.10. The second kappa shape index (κ2) is 8.85. The number of methoxy groups -OCH3 is 1. The van der Waals surface area contributed by atoms with Gasteiger partial charge in [0.15, 0.2) is 5.82 Å². The fourth-order valence-electron chi connectivity index (χ4n) is 5.41. The van der Waals surface area contributed by atoms with Crippen LogP contribution in [0.3, 0.4) is 0 Å². The van der Waals surface area contributed by atoms with Gasteiger partial charge in [-0.05, 0) is 38.7 Å². The Morgan fingerprint density at radius 2 is 2.00 bits per heavy atom. The maximum atomic E-state index is 12.4. The van der Waals surface area contributed by atoms with Gasteiger partial charge >= 0.3 is 6.09 Å². The number of carbonyl (C=O) groups is 1. The van der Waals surface area contributed by atoms with E-state index in [0.717, 1.165) is 86.0 Å². The zero-order valence-corrected chi connectivity index (χ0v) is 20.1. The van der Waals surface area contributed by atoms with Crippen molar-refractivity contribution in [2.75, 3.05) is 57.3 Å². The quantitative estimate of drug-likeness (QED) is 0.705. The van der Waals surface area contributed by atoms with Gasteiger partial charge in [-0.2, -0.15) is 5.10 Å². The van der Waals surface area contributed by atoms with Gasteiger partial charge in [0.05, 0.1) is 42.5 Å². The standard InChI is InChI=1S/C24H34N6O3/c1-16-21(27(2)3)14-22-19(25-16)6-5-10-29(22)23-18-15-28(24(31)32-4)11-7-20(18)30(26-23)17-8-12-33-13-9-17/h14,17H,5-13,15H2,1-4H3. The summed E-state index contributed by atoms with van der Waals surface area (Å²) in [6, 6.07) is 2.58. The van der Waals surface area contributed by atoms with Crippen molar-refractivity contribution in [3.05, 3.63) is 28.7 Å². The summed E-state index contributed by atoms with van der Waals surface area (Å²) in [5.41, 5.74) is 6.81. The minimum atomic E-state index is -0.281. The van der Waals surface area contributed by atoms with Crippen LogP contribution in [0.1, 0.15) is 47.9 Å². The number of rotatable bonds is 3. The number of fused-ring (bicyclic) bond motifs is 2. The molecule has 0 atom stereocenters. The number of aryl methyl sites for hydroxylation is 2. The number of nitrogens with zero attached hydrogens (tertiary/aromatic N) is 6. The largest absolute Gasteiger partial charge is 0.453 e. The highest BCUT2D eigenvalue weighted by Crippen LogP contribution is 2.40. The first-order chi connectivity index (χ1) is 16.0. The number of carbonyl (C=O) groups excluding carboxylic acids is 1. The molecular formula is C24H34N6O3. The van der Waals surface area contributed by atoms with Crippen LogP contribution in [0.15, 0.2) is 6.07 Å². The highest BCUT2D eigenvalue weighted by molar-refractivity contribution is 5.73. The molecule has 33 heavy (non-hydrogen) atoms. The van der Waals surface area contributed by atoms with Crippen LogP contribution in [0.4, 0.5) is 22.0 Å². The zero-order valence-electron chi connectivity index (χ0n) is 20.1. The molecular weight excluding hydrogens is 420 g/mol. The molecule has 9 nitrogen and oxygen atoms in total. The molecule has 0 aliphatic carbocycles. The lowest BCUT2D eigenvalue weighted by Crippen LogP contribution is -2.37. The lowest BCUT2D eigenvalue weighted by atomic mass is 10.0. The first-order valence-corrected chi connectivity index (χ1v) is 11.9. The van der Waals surface area contributed by atoms with E-state index in [9.17, 15) is 4.79 Å². The molecule has 0 saturated carbocycles. The van der Waals surface area contributed by atoms with Crippen LogP contribution in [0.2, 0.25) is 0 Å². The third kappa shape index (κ3) is 3.92. The molecule has 5 rings (SSSR count). The molecule has 0 radical (unpaired) electrons. The summed E-state index contributed by atoms with van der Waals surface area (Å²) in [5.74, 6) is 0.960. The Labute approximate surface area is 195 Å². The number of amides is 1. The van der Waals surface area contributed by atoms with Crippen molar-refractivity contribution in [3.8, 4) is 0 Å². The number of hydrogen-bond acceptors (Lipinski definition) is 7. The average Bonchev–Trinajstić information content (AvgIpc) is 3.21. The highest BCUT2D eigenvalue weighted by atomic mass is 16.5. The molecule has 2 aromatic heterocycles. The first kappa shape index (κ1) is 22.0. The van der Waals surface area contributed by atoms with E-state index < -0.39 is 0 Å². The molecule has 0 spiro atoms. The molecule has 3 aliphatic heterocycles. The van der Waals surface area contributed by atoms with Gasteiger partial charge in [-0.3, -0.25) is 9.67 Å². The Kier molecular flexibility index (Phi) is 5.90. The van der Waals surface area contributed by atoms with E-state index in [-0.39, 0.29) is 6.09 Å². The van der Waals surface area contributed by atoms with Crippen molar-refractivity contribution >= 4 is 23.3 Å². The molecule has 2 aromatic rings. The van der Waals surface area contributed by atoms with Crippen molar-refractivity contribution in [2.24, 2.45) is 0 Å². The summed E-state index contributed by atoms with van der Waals surface area (Å²) in [7, 11) is 5.56. The average molecular weight is 455 g/mol. The maximum absolute atomic E-state index is 12.4. The van der Waals surface area contributed by atoms with Crippen LogP contribution in [-0.4, -0.2) is 73.3 Å². The SMILES string of the molecule is COC(=O)N1CCc2c(c(N3CCCc4nc(C)c(N(C)C)cc43)nn2C2CCOCC2)C1. The van der Waals surface area contributed by atoms with Gasteiger partial charge in [-0.25, -0.2) is 4.79 Å². The predicted molar refractivity (Wildman–Crippen MR) is 126 cm³/mol. The smallest absolute Gasteiger partial charge is 0.409 e. The first-order valence-electron chi connectivity index (χ1n) is 11.9. The second-order valence-electron chi connectivity index (χ2n) is 9.39. The number of aromatic nitrogens is 3. The summed E-state index contributed by atoms with van der Waals surface area (Å²) in [6.45, 7) is 5.67. The topological polar surface area (TPSA) is 76.0 Å². The summed E-state index contributed by atoms with van der Waals surface area (Å²) < 4.78 is 12.9. The Hall–Kier alpha value is -2.81. The van der Waals surface area contributed by atoms with Crippen molar-refractivity contribution in [3.63, 3.8) is 0 Å². The normalized spacial score (nSPS) is 18.7. The fraction of sp³-hybridized carbons (Fsp3) is 0.625. The van der Waals surface area contributed by atoms with Crippen LogP contribution in [0.5, 0.6) is 0 Å². The van der Waals surface area contributed by atoms with E-state index >= 15 is 0 Å². The molecule has 9 heteroatoms. The Balaban J connectivity index is 1.61. The van der Waals surface area contributed by atoms with Crippen LogP contribution >= 0.6 is 0 Å². The predicted octanol–water partition coefficient (Wildman–Crippen LogP) is 3.21. The van der Waals surface area contributed by atoms with E-state index in [2.05, 4.69) is 41.6 Å². The summed E-state index contributed by atoms with van der Waals surface area (Å²) in [4.78, 5) is 23.5. The number of anilines is 3. The van der Waals surface area contributed by atoms with E-state index in [0.29, 0.717) is 19.1 Å². The molecule has 0 bridgehead atoms. The summed E-state index contributed by atoms with van der Waals surface area (Å²) >= 11 is 0. The van der Waals surface area contributed by atoms with E-state index in [1.54, 1.807) is 4.90 Å². The van der Waals surface area contributed by atoms with Gasteiger partial charge in [-0.15, -0.1) is 0 Å². The number of hydrogen-bond donors (Lipinski definition) is 0. The van der Waals surface area contributed by atoms with Crippen LogP contribution in [0.25, 0.3) is 0 Å². The van der Waals surface area contributed by atoms with E-state index in [4.69, 9.17) is 19.6 Å². The second-order valence-corrected chi connectivity index (χ2v) is 9.39. The molecule has 0 N–H and O–H groups in total. The Morgan fingerprint density at radius 1 is 1.21 bits per heavy atom. The fourth-order valence-corrected chi connectivity index (χ4v) is 5.41. The minimum absolute atomic E-state index is 0.281. The van der Waals surface area contributed by atoms with Crippen LogP contribution < -0.4 is 9.80 Å². The lowest BCUT2D eigenvalue weighted by Gasteiger charge is -2.33. The lowest BCUT2D eigenvalue weighted by molar-refractivity contribution is 0.0649. The molecule has 1 fully saturated rings. The Bertz CT molecular complexity index is 1040. The number of ether oxygens (including phenoxy) is 2. The van der Waals surface area contributed by atoms with Crippen LogP contribution in [-0.2, 0) is 28.9 Å². The minimum Gasteiger partial charge on any atom is -0.453 e. The molecule has 178 valence electrons. The van der Waals surface area contributed by atoms with E-state index in [1.165, 1.54) is 12.8 Å². The van der Waals surface area contributed by atoms with Gasteiger partial charge in [0.25, 0.3) is 0 Å². The monoisotopic (exact) mass is 454 g/mol. The van der Waals surface area contributed by atoms with Crippen molar-refractivity contribution in [1.82, 2.24) is 19.7 Å². The number of pyridine rings is 1. The molecule has 1 amide bonds. The van der Waals surface area contributed by atoms with Crippen molar-refractivity contribution in [2.45, 2.75) is 51.6 Å². The van der Waals surface area contributed by atoms with E-state index in [1.807, 2.05) is 0 Å². The highest BCUT2D eigenvalue weighted by Gasteiger charge is 2.34. The van der Waals surface area contributed by atoms with Gasteiger partial charge < -0.3 is 24.2 Å². The molecule has 3 aliphatic rings. The zero-order chi connectivity index (χ0) is 23.1.